The predicted octanol–water partition coefficient (Wildman–Crippen LogP) is 4.17. The van der Waals surface area contributed by atoms with Crippen LogP contribution in [0.3, 0.4) is 0 Å². The Morgan fingerprint density at radius 2 is 2.10 bits per heavy atom. The molecule has 29 heavy (non-hydrogen) atoms. The first-order chi connectivity index (χ1) is 14.1. The molecule has 0 atom stereocenters. The fourth-order valence-electron chi connectivity index (χ4n) is 3.33. The number of nitrogens with one attached hydrogen (secondary N) is 1. The molecule has 0 saturated carbocycles. The zero-order valence-electron chi connectivity index (χ0n) is 16.5. The van der Waals surface area contributed by atoms with Crippen molar-refractivity contribution in [3.8, 4) is 11.5 Å². The molecule has 3 rings (SSSR count). The zero-order valence-corrected chi connectivity index (χ0v) is 17.3. The van der Waals surface area contributed by atoms with Gasteiger partial charge in [-0.05, 0) is 49.2 Å². The van der Waals surface area contributed by atoms with Crippen LogP contribution >= 0.6 is 11.6 Å². The molecule has 0 radical (unpaired) electrons. The number of hydrogen-bond donors (Lipinski definition) is 1. The van der Waals surface area contributed by atoms with Gasteiger partial charge in [0, 0.05) is 31.6 Å². The standard InChI is InChI=1S/C22H26ClFN2O3/c1-28-21-13-16(14-25-10-4-12-26-11-3-7-22(26)27)8-9-20(21)29-15-17-18(23)5-2-6-19(17)24/h2,5-6,8-9,13,25H,3-4,7,10-12,14-15H2,1H3. The summed E-state index contributed by atoms with van der Waals surface area (Å²) in [6, 6.07) is 10.2. The van der Waals surface area contributed by atoms with Gasteiger partial charge in [-0.1, -0.05) is 23.7 Å². The highest BCUT2D eigenvalue weighted by atomic mass is 35.5. The fraction of sp³-hybridized carbons (Fsp3) is 0.409. The largest absolute Gasteiger partial charge is 0.493 e. The number of carbonyl (C=O) groups is 1. The number of amides is 1. The lowest BCUT2D eigenvalue weighted by molar-refractivity contribution is -0.127. The topological polar surface area (TPSA) is 50.8 Å². The van der Waals surface area contributed by atoms with E-state index >= 15 is 0 Å². The van der Waals surface area contributed by atoms with Gasteiger partial charge in [-0.25, -0.2) is 4.39 Å². The van der Waals surface area contributed by atoms with Crippen LogP contribution < -0.4 is 14.8 Å². The Morgan fingerprint density at radius 1 is 1.24 bits per heavy atom. The molecule has 0 spiro atoms. The highest BCUT2D eigenvalue weighted by molar-refractivity contribution is 6.31. The number of benzene rings is 2. The Labute approximate surface area is 175 Å². The maximum absolute atomic E-state index is 13.9. The van der Waals surface area contributed by atoms with Gasteiger partial charge in [0.05, 0.1) is 12.1 Å². The maximum atomic E-state index is 13.9. The number of likely N-dealkylation sites (tertiary alicyclic amines) is 1. The second kappa shape index (κ2) is 10.5. The van der Waals surface area contributed by atoms with E-state index < -0.39 is 5.82 Å². The van der Waals surface area contributed by atoms with E-state index in [4.69, 9.17) is 21.1 Å². The van der Waals surface area contributed by atoms with Gasteiger partial charge < -0.3 is 19.7 Å². The fourth-order valence-corrected chi connectivity index (χ4v) is 3.55. The summed E-state index contributed by atoms with van der Waals surface area (Å²) in [7, 11) is 1.57. The van der Waals surface area contributed by atoms with Crippen LogP contribution in [-0.4, -0.2) is 37.6 Å². The molecule has 7 heteroatoms. The normalized spacial score (nSPS) is 13.8. The van der Waals surface area contributed by atoms with Gasteiger partial charge in [0.1, 0.15) is 12.4 Å². The van der Waals surface area contributed by atoms with E-state index in [0.29, 0.717) is 35.1 Å². The van der Waals surface area contributed by atoms with Crippen LogP contribution in [0.1, 0.15) is 30.4 Å². The van der Waals surface area contributed by atoms with E-state index in [2.05, 4.69) is 5.32 Å². The van der Waals surface area contributed by atoms with Gasteiger partial charge >= 0.3 is 0 Å². The second-order valence-electron chi connectivity index (χ2n) is 6.99. The molecule has 1 saturated heterocycles. The highest BCUT2D eigenvalue weighted by Crippen LogP contribution is 2.30. The molecule has 1 heterocycles. The lowest BCUT2D eigenvalue weighted by Gasteiger charge is -2.16. The van der Waals surface area contributed by atoms with E-state index in [1.165, 1.54) is 6.07 Å². The molecular weight excluding hydrogens is 395 g/mol. The summed E-state index contributed by atoms with van der Waals surface area (Å²) in [6.45, 7) is 3.23. The molecule has 5 nitrogen and oxygen atoms in total. The SMILES string of the molecule is COc1cc(CNCCCN2CCCC2=O)ccc1OCc1c(F)cccc1Cl. The van der Waals surface area contributed by atoms with Crippen LogP contribution in [0.4, 0.5) is 4.39 Å². The van der Waals surface area contributed by atoms with Crippen molar-refractivity contribution in [1.82, 2.24) is 10.2 Å². The molecule has 2 aromatic carbocycles. The van der Waals surface area contributed by atoms with E-state index in [1.807, 2.05) is 23.1 Å². The molecule has 1 aliphatic heterocycles. The molecule has 0 aliphatic carbocycles. The lowest BCUT2D eigenvalue weighted by atomic mass is 10.2. The van der Waals surface area contributed by atoms with E-state index in [1.54, 1.807) is 19.2 Å². The van der Waals surface area contributed by atoms with Gasteiger partial charge in [-0.3, -0.25) is 4.79 Å². The summed E-state index contributed by atoms with van der Waals surface area (Å²) in [4.78, 5) is 13.5. The average molecular weight is 421 g/mol. The third-order valence-corrected chi connectivity index (χ3v) is 5.30. The van der Waals surface area contributed by atoms with Crippen LogP contribution in [-0.2, 0) is 17.9 Å². The number of halogens is 2. The van der Waals surface area contributed by atoms with Gasteiger partial charge in [-0.2, -0.15) is 0 Å². The molecular formula is C22H26ClFN2O3. The number of nitrogens with zero attached hydrogens (tertiary/aromatic N) is 1. The minimum atomic E-state index is -0.395. The summed E-state index contributed by atoms with van der Waals surface area (Å²) in [5.41, 5.74) is 1.37. The van der Waals surface area contributed by atoms with Gasteiger partial charge in [-0.15, -0.1) is 0 Å². The summed E-state index contributed by atoms with van der Waals surface area (Å²) < 4.78 is 25.0. The third kappa shape index (κ3) is 5.84. The van der Waals surface area contributed by atoms with Crippen LogP contribution in [0, 0.1) is 5.82 Å². The summed E-state index contributed by atoms with van der Waals surface area (Å²) in [6.07, 6.45) is 2.59. The number of hydrogen-bond acceptors (Lipinski definition) is 4. The quantitative estimate of drug-likeness (QED) is 0.586. The second-order valence-corrected chi connectivity index (χ2v) is 7.40. The molecule has 2 aromatic rings. The Balaban J connectivity index is 1.48. The number of rotatable bonds is 10. The van der Waals surface area contributed by atoms with E-state index in [0.717, 1.165) is 38.0 Å². The lowest BCUT2D eigenvalue weighted by Crippen LogP contribution is -2.28. The van der Waals surface area contributed by atoms with Crippen molar-refractivity contribution in [3.63, 3.8) is 0 Å². The molecule has 1 amide bonds. The maximum Gasteiger partial charge on any atom is 0.222 e. The molecule has 1 N–H and O–H groups in total. The molecule has 1 aliphatic rings. The molecule has 0 aromatic heterocycles. The first-order valence-corrected chi connectivity index (χ1v) is 10.2. The summed E-state index contributed by atoms with van der Waals surface area (Å²) in [5, 5.41) is 3.72. The molecule has 0 bridgehead atoms. The molecule has 1 fully saturated rings. The van der Waals surface area contributed by atoms with Crippen LogP contribution in [0.2, 0.25) is 5.02 Å². The van der Waals surface area contributed by atoms with Crippen molar-refractivity contribution in [2.75, 3.05) is 26.7 Å². The van der Waals surface area contributed by atoms with Gasteiger partial charge in [0.25, 0.3) is 0 Å². The Morgan fingerprint density at radius 3 is 2.83 bits per heavy atom. The van der Waals surface area contributed by atoms with Crippen molar-refractivity contribution in [3.05, 3.63) is 58.4 Å². The van der Waals surface area contributed by atoms with Crippen molar-refractivity contribution in [2.45, 2.75) is 32.4 Å². The van der Waals surface area contributed by atoms with Crippen molar-refractivity contribution in [2.24, 2.45) is 0 Å². The van der Waals surface area contributed by atoms with E-state index in [-0.39, 0.29) is 12.5 Å². The van der Waals surface area contributed by atoms with Gasteiger partial charge in [0.15, 0.2) is 11.5 Å². The summed E-state index contributed by atoms with van der Waals surface area (Å²) in [5.74, 6) is 0.984. The minimum absolute atomic E-state index is 0.0225. The van der Waals surface area contributed by atoms with Crippen molar-refractivity contribution >= 4 is 17.5 Å². The average Bonchev–Trinajstić information content (AvgIpc) is 3.12. The molecule has 0 unspecified atom stereocenters. The van der Waals surface area contributed by atoms with Crippen LogP contribution in [0.5, 0.6) is 11.5 Å². The van der Waals surface area contributed by atoms with Crippen LogP contribution in [0.15, 0.2) is 36.4 Å². The Hall–Kier alpha value is -2.31. The Kier molecular flexibility index (Phi) is 7.72. The van der Waals surface area contributed by atoms with Crippen molar-refractivity contribution in [1.29, 1.82) is 0 Å². The first-order valence-electron chi connectivity index (χ1n) is 9.79. The summed E-state index contributed by atoms with van der Waals surface area (Å²) >= 11 is 6.05. The highest BCUT2D eigenvalue weighted by Gasteiger charge is 2.18. The van der Waals surface area contributed by atoms with Crippen LogP contribution in [0.25, 0.3) is 0 Å². The van der Waals surface area contributed by atoms with Crippen molar-refractivity contribution < 1.29 is 18.7 Å². The zero-order chi connectivity index (χ0) is 20.6. The Bertz CT molecular complexity index is 827. The van der Waals surface area contributed by atoms with Gasteiger partial charge in [0.2, 0.25) is 5.91 Å². The minimum Gasteiger partial charge on any atom is -0.493 e. The third-order valence-electron chi connectivity index (χ3n) is 4.94. The smallest absolute Gasteiger partial charge is 0.222 e. The first kappa shape index (κ1) is 21.4. The van der Waals surface area contributed by atoms with E-state index in [9.17, 15) is 9.18 Å². The number of ether oxygens (including phenoxy) is 2. The molecule has 156 valence electrons. The number of methoxy groups -OCH3 is 1. The predicted molar refractivity (Wildman–Crippen MR) is 111 cm³/mol. The monoisotopic (exact) mass is 420 g/mol. The number of carbonyl (C=O) groups excluding carboxylic acids is 1.